The Morgan fingerprint density at radius 3 is 2.31 bits per heavy atom. The first kappa shape index (κ1) is 23.1. The van der Waals surface area contributed by atoms with Crippen molar-refractivity contribution in [3.05, 3.63) is 102 Å². The van der Waals surface area contributed by atoms with E-state index in [-0.39, 0.29) is 17.7 Å². The molecule has 8 heteroatoms. The van der Waals surface area contributed by atoms with Crippen molar-refractivity contribution in [3.63, 3.8) is 0 Å². The molecule has 4 rings (SSSR count). The van der Waals surface area contributed by atoms with Crippen LogP contribution in [0.5, 0.6) is 5.75 Å². The summed E-state index contributed by atoms with van der Waals surface area (Å²) in [4.78, 5) is 26.9. The molecule has 1 aliphatic rings. The van der Waals surface area contributed by atoms with E-state index in [2.05, 4.69) is 31.9 Å². The Bertz CT molecular complexity index is 1190. The van der Waals surface area contributed by atoms with Crippen molar-refractivity contribution >= 4 is 72.4 Å². The third-order valence-electron chi connectivity index (χ3n) is 4.71. The number of amides is 2. The van der Waals surface area contributed by atoms with E-state index >= 15 is 0 Å². The van der Waals surface area contributed by atoms with Gasteiger partial charge in [-0.25, -0.2) is 0 Å². The van der Waals surface area contributed by atoms with Crippen molar-refractivity contribution in [1.29, 1.82) is 0 Å². The standard InChI is InChI=1S/C24H16Br2ClNO3S/c25-18-10-16(11-19(26)22(18)31-14-17-8-4-5-9-20(17)27)12-21-23(29)28(24(30)32-21)13-15-6-2-1-3-7-15/h1-12H,13-14H2/b21-12-. The third kappa shape index (κ3) is 5.29. The average Bonchev–Trinajstić information content (AvgIpc) is 3.02. The van der Waals surface area contributed by atoms with E-state index in [4.69, 9.17) is 16.3 Å². The Balaban J connectivity index is 1.51. The van der Waals surface area contributed by atoms with E-state index in [1.807, 2.05) is 66.7 Å². The highest BCUT2D eigenvalue weighted by Gasteiger charge is 2.35. The van der Waals surface area contributed by atoms with Gasteiger partial charge in [0.25, 0.3) is 11.1 Å². The summed E-state index contributed by atoms with van der Waals surface area (Å²) in [6, 6.07) is 20.6. The number of benzene rings is 3. The van der Waals surface area contributed by atoms with Crippen LogP contribution in [0.15, 0.2) is 80.6 Å². The Morgan fingerprint density at radius 2 is 1.62 bits per heavy atom. The summed E-state index contributed by atoms with van der Waals surface area (Å²) in [6.07, 6.45) is 1.71. The number of hydrogen-bond donors (Lipinski definition) is 0. The molecule has 162 valence electrons. The lowest BCUT2D eigenvalue weighted by Gasteiger charge is -2.13. The summed E-state index contributed by atoms with van der Waals surface area (Å²) in [5.41, 5.74) is 2.55. The van der Waals surface area contributed by atoms with Gasteiger partial charge in [0.2, 0.25) is 0 Å². The number of thioether (sulfide) groups is 1. The number of nitrogens with zero attached hydrogens (tertiary/aromatic N) is 1. The van der Waals surface area contributed by atoms with Gasteiger partial charge in [0, 0.05) is 10.6 Å². The molecule has 2 amide bonds. The number of hydrogen-bond acceptors (Lipinski definition) is 4. The molecule has 3 aromatic carbocycles. The molecular weight excluding hydrogens is 578 g/mol. The number of carbonyl (C=O) groups excluding carboxylic acids is 2. The lowest BCUT2D eigenvalue weighted by Crippen LogP contribution is -2.27. The van der Waals surface area contributed by atoms with Crippen LogP contribution in [-0.2, 0) is 17.9 Å². The second-order valence-electron chi connectivity index (χ2n) is 6.95. The molecule has 0 atom stereocenters. The minimum atomic E-state index is -0.296. The van der Waals surface area contributed by atoms with Crippen LogP contribution in [0.25, 0.3) is 6.08 Å². The van der Waals surface area contributed by atoms with Gasteiger partial charge in [-0.3, -0.25) is 14.5 Å². The second kappa shape index (κ2) is 10.3. The fraction of sp³-hybridized carbons (Fsp3) is 0.0833. The summed E-state index contributed by atoms with van der Waals surface area (Å²) in [7, 11) is 0. The highest BCUT2D eigenvalue weighted by Crippen LogP contribution is 2.38. The van der Waals surface area contributed by atoms with Crippen LogP contribution in [0.1, 0.15) is 16.7 Å². The zero-order valence-corrected chi connectivity index (χ0v) is 21.3. The first-order valence-electron chi connectivity index (χ1n) is 9.57. The molecule has 4 nitrogen and oxygen atoms in total. The average molecular weight is 594 g/mol. The largest absolute Gasteiger partial charge is 0.486 e. The molecule has 1 fully saturated rings. The summed E-state index contributed by atoms with van der Waals surface area (Å²) in [5.74, 6) is 0.328. The topological polar surface area (TPSA) is 46.6 Å². The predicted octanol–water partition coefficient (Wildman–Crippen LogP) is 7.68. The van der Waals surface area contributed by atoms with Crippen LogP contribution in [0, 0.1) is 0 Å². The van der Waals surface area contributed by atoms with Crippen molar-refractivity contribution in [3.8, 4) is 5.75 Å². The van der Waals surface area contributed by atoms with E-state index in [0.29, 0.717) is 31.2 Å². The monoisotopic (exact) mass is 591 g/mol. The lowest BCUT2D eigenvalue weighted by atomic mass is 10.2. The van der Waals surface area contributed by atoms with Crippen molar-refractivity contribution in [2.45, 2.75) is 13.2 Å². The SMILES string of the molecule is O=C1S/C(=C\c2cc(Br)c(OCc3ccccc3Cl)c(Br)c2)C(=O)N1Cc1ccccc1. The minimum absolute atomic E-state index is 0.255. The highest BCUT2D eigenvalue weighted by molar-refractivity contribution is 9.11. The maximum absolute atomic E-state index is 12.8. The highest BCUT2D eigenvalue weighted by atomic mass is 79.9. The summed E-state index contributed by atoms with van der Waals surface area (Å²) in [5, 5.41) is 0.366. The van der Waals surface area contributed by atoms with Crippen molar-refractivity contribution in [2.75, 3.05) is 0 Å². The molecule has 0 radical (unpaired) electrons. The Labute approximate surface area is 211 Å². The van der Waals surface area contributed by atoms with Crippen LogP contribution >= 0.6 is 55.2 Å². The van der Waals surface area contributed by atoms with E-state index in [1.54, 1.807) is 6.08 Å². The molecule has 0 N–H and O–H groups in total. The molecule has 32 heavy (non-hydrogen) atoms. The number of imide groups is 1. The zero-order valence-electron chi connectivity index (χ0n) is 16.6. The van der Waals surface area contributed by atoms with Crippen molar-refractivity contribution < 1.29 is 14.3 Å². The summed E-state index contributed by atoms with van der Waals surface area (Å²) in [6.45, 7) is 0.569. The fourth-order valence-corrected chi connectivity index (χ4v) is 5.60. The number of carbonyl (C=O) groups is 2. The lowest BCUT2D eigenvalue weighted by molar-refractivity contribution is -0.123. The molecule has 1 heterocycles. The van der Waals surface area contributed by atoms with Gasteiger partial charge in [-0.05, 0) is 79.0 Å². The van der Waals surface area contributed by atoms with Gasteiger partial charge in [-0.15, -0.1) is 0 Å². The molecule has 1 saturated heterocycles. The van der Waals surface area contributed by atoms with E-state index in [1.165, 1.54) is 4.90 Å². The zero-order chi connectivity index (χ0) is 22.7. The molecular formula is C24H16Br2ClNO3S. The fourth-order valence-electron chi connectivity index (χ4n) is 3.12. The first-order valence-corrected chi connectivity index (χ1v) is 12.3. The van der Waals surface area contributed by atoms with Gasteiger partial charge in [-0.2, -0.15) is 0 Å². The number of ether oxygens (including phenoxy) is 1. The molecule has 3 aromatic rings. The van der Waals surface area contributed by atoms with Gasteiger partial charge in [0.15, 0.2) is 0 Å². The van der Waals surface area contributed by atoms with Crippen LogP contribution < -0.4 is 4.74 Å². The Kier molecular flexibility index (Phi) is 7.40. The van der Waals surface area contributed by atoms with Crippen molar-refractivity contribution in [1.82, 2.24) is 4.90 Å². The van der Waals surface area contributed by atoms with Gasteiger partial charge in [-0.1, -0.05) is 60.1 Å². The first-order chi connectivity index (χ1) is 15.4. The van der Waals surface area contributed by atoms with Gasteiger partial charge in [0.05, 0.1) is 20.4 Å². The molecule has 0 saturated carbocycles. The van der Waals surface area contributed by atoms with Gasteiger partial charge < -0.3 is 4.74 Å². The van der Waals surface area contributed by atoms with E-state index < -0.39 is 0 Å². The van der Waals surface area contributed by atoms with E-state index in [9.17, 15) is 9.59 Å². The van der Waals surface area contributed by atoms with Gasteiger partial charge >= 0.3 is 0 Å². The molecule has 0 aromatic heterocycles. The van der Waals surface area contributed by atoms with Crippen LogP contribution in [0.4, 0.5) is 4.79 Å². The second-order valence-corrected chi connectivity index (χ2v) is 10.1. The predicted molar refractivity (Wildman–Crippen MR) is 136 cm³/mol. The number of rotatable bonds is 6. The van der Waals surface area contributed by atoms with Gasteiger partial charge in [0.1, 0.15) is 12.4 Å². The quantitative estimate of drug-likeness (QED) is 0.275. The van der Waals surface area contributed by atoms with Crippen molar-refractivity contribution in [2.24, 2.45) is 0 Å². The van der Waals surface area contributed by atoms with Crippen LogP contribution in [0.2, 0.25) is 5.02 Å². The summed E-state index contributed by atoms with van der Waals surface area (Å²) >= 11 is 14.2. The smallest absolute Gasteiger partial charge is 0.293 e. The number of halogens is 3. The summed E-state index contributed by atoms with van der Waals surface area (Å²) < 4.78 is 7.38. The van der Waals surface area contributed by atoms with E-state index in [0.717, 1.165) is 28.5 Å². The molecule has 0 spiro atoms. The Hall–Kier alpha value is -2.06. The third-order valence-corrected chi connectivity index (χ3v) is 7.16. The normalized spacial score (nSPS) is 15.0. The molecule has 0 aliphatic carbocycles. The molecule has 0 unspecified atom stereocenters. The maximum Gasteiger partial charge on any atom is 0.293 e. The minimum Gasteiger partial charge on any atom is -0.486 e. The van der Waals surface area contributed by atoms with Crippen LogP contribution in [0.3, 0.4) is 0 Å². The molecule has 0 bridgehead atoms. The maximum atomic E-state index is 12.8. The molecule has 1 aliphatic heterocycles. The Morgan fingerprint density at radius 1 is 0.969 bits per heavy atom. The van der Waals surface area contributed by atoms with Crippen LogP contribution in [-0.4, -0.2) is 16.0 Å².